The Balaban J connectivity index is 1.85. The van der Waals surface area contributed by atoms with Gasteiger partial charge in [0.15, 0.2) is 11.6 Å². The largest absolute Gasteiger partial charge is 0.322 e. The molecular weight excluding hydrogens is 386 g/mol. The van der Waals surface area contributed by atoms with E-state index in [0.29, 0.717) is 0 Å². The fourth-order valence-corrected chi connectivity index (χ4v) is 3.72. The number of sulfonamides is 1. The molecule has 0 atom stereocenters. The van der Waals surface area contributed by atoms with Crippen molar-refractivity contribution in [3.63, 3.8) is 0 Å². The molecule has 3 aromatic rings. The van der Waals surface area contributed by atoms with Crippen LogP contribution >= 0.6 is 0 Å². The number of rotatable bonds is 5. The number of nitrogens with zero attached hydrogens (tertiary/aromatic N) is 1. The Morgan fingerprint density at radius 1 is 0.893 bits per heavy atom. The predicted molar refractivity (Wildman–Crippen MR) is 103 cm³/mol. The maximum Gasteiger partial charge on any atom is 0.264 e. The van der Waals surface area contributed by atoms with E-state index in [1.165, 1.54) is 43.4 Å². The Hall–Kier alpha value is -3.26. The third-order valence-corrected chi connectivity index (χ3v) is 5.85. The number of halogens is 2. The Labute approximate surface area is 161 Å². The highest BCUT2D eigenvalue weighted by Crippen LogP contribution is 2.23. The minimum Gasteiger partial charge on any atom is -0.322 e. The molecule has 1 N–H and O–H groups in total. The zero-order valence-corrected chi connectivity index (χ0v) is 15.6. The zero-order valence-electron chi connectivity index (χ0n) is 14.8. The fraction of sp³-hybridized carbons (Fsp3) is 0.0500. The van der Waals surface area contributed by atoms with Crippen LogP contribution in [0.4, 0.5) is 20.2 Å². The number of hydrogen-bond acceptors (Lipinski definition) is 3. The molecule has 0 heterocycles. The van der Waals surface area contributed by atoms with Gasteiger partial charge >= 0.3 is 0 Å². The molecular formula is C20H16F2N2O3S. The molecule has 5 nitrogen and oxygen atoms in total. The Kier molecular flexibility index (Phi) is 5.41. The van der Waals surface area contributed by atoms with Gasteiger partial charge in [-0.3, -0.25) is 9.10 Å². The molecule has 8 heteroatoms. The summed E-state index contributed by atoms with van der Waals surface area (Å²) < 4.78 is 52.8. The van der Waals surface area contributed by atoms with E-state index in [1.54, 1.807) is 24.3 Å². The van der Waals surface area contributed by atoms with E-state index in [2.05, 4.69) is 5.32 Å². The molecule has 0 unspecified atom stereocenters. The van der Waals surface area contributed by atoms with Crippen LogP contribution in [0.3, 0.4) is 0 Å². The highest BCUT2D eigenvalue weighted by Gasteiger charge is 2.21. The average Bonchev–Trinajstić information content (AvgIpc) is 2.71. The molecule has 0 aliphatic carbocycles. The number of nitrogens with one attached hydrogen (secondary N) is 1. The van der Waals surface area contributed by atoms with Crippen molar-refractivity contribution in [3.8, 4) is 0 Å². The first kappa shape index (κ1) is 19.5. The quantitative estimate of drug-likeness (QED) is 0.700. The molecule has 0 aliphatic rings. The number of benzene rings is 3. The van der Waals surface area contributed by atoms with E-state index in [9.17, 15) is 22.0 Å². The van der Waals surface area contributed by atoms with Crippen molar-refractivity contribution in [2.75, 3.05) is 16.7 Å². The third kappa shape index (κ3) is 4.01. The summed E-state index contributed by atoms with van der Waals surface area (Å²) in [4.78, 5) is 12.5. The number of carbonyl (C=O) groups is 1. The van der Waals surface area contributed by atoms with Crippen molar-refractivity contribution in [2.24, 2.45) is 0 Å². The van der Waals surface area contributed by atoms with Crippen molar-refractivity contribution in [1.82, 2.24) is 0 Å². The summed E-state index contributed by atoms with van der Waals surface area (Å²) in [7, 11) is -2.41. The lowest BCUT2D eigenvalue weighted by molar-refractivity contribution is 0.102. The van der Waals surface area contributed by atoms with Gasteiger partial charge in [0.05, 0.1) is 10.6 Å². The molecule has 144 valence electrons. The average molecular weight is 402 g/mol. The van der Waals surface area contributed by atoms with Gasteiger partial charge in [-0.25, -0.2) is 17.2 Å². The second-order valence-corrected chi connectivity index (χ2v) is 7.89. The van der Waals surface area contributed by atoms with E-state index >= 15 is 0 Å². The number of carbonyl (C=O) groups excluding carboxylic acids is 1. The molecule has 0 aromatic heterocycles. The van der Waals surface area contributed by atoms with Crippen LogP contribution in [-0.4, -0.2) is 21.4 Å². The monoisotopic (exact) mass is 402 g/mol. The van der Waals surface area contributed by atoms with E-state index < -0.39 is 27.6 Å². The summed E-state index contributed by atoms with van der Waals surface area (Å²) in [5.74, 6) is -2.69. The minimum atomic E-state index is -3.79. The topological polar surface area (TPSA) is 66.5 Å². The van der Waals surface area contributed by atoms with Crippen molar-refractivity contribution < 1.29 is 22.0 Å². The first-order valence-electron chi connectivity index (χ1n) is 8.19. The van der Waals surface area contributed by atoms with Gasteiger partial charge in [-0.2, -0.15) is 0 Å². The Morgan fingerprint density at radius 3 is 2.29 bits per heavy atom. The number of hydrogen-bond donors (Lipinski definition) is 1. The second-order valence-electron chi connectivity index (χ2n) is 5.92. The molecule has 0 bridgehead atoms. The minimum absolute atomic E-state index is 0.0829. The van der Waals surface area contributed by atoms with Crippen molar-refractivity contribution in [3.05, 3.63) is 90.0 Å². The van der Waals surface area contributed by atoms with Crippen molar-refractivity contribution >= 4 is 27.3 Å². The van der Waals surface area contributed by atoms with Gasteiger partial charge in [-0.05, 0) is 42.5 Å². The van der Waals surface area contributed by atoms with Crippen molar-refractivity contribution in [1.29, 1.82) is 0 Å². The highest BCUT2D eigenvalue weighted by atomic mass is 32.2. The first-order valence-corrected chi connectivity index (χ1v) is 9.63. The lowest BCUT2D eigenvalue weighted by Crippen LogP contribution is -2.26. The lowest BCUT2D eigenvalue weighted by Gasteiger charge is -2.20. The summed E-state index contributed by atoms with van der Waals surface area (Å²) in [5.41, 5.74) is 0.527. The lowest BCUT2D eigenvalue weighted by atomic mass is 10.2. The summed E-state index contributed by atoms with van der Waals surface area (Å²) in [6, 6.07) is 16.9. The maximum atomic E-state index is 13.3. The predicted octanol–water partition coefficient (Wildman–Crippen LogP) is 4.04. The van der Waals surface area contributed by atoms with Gasteiger partial charge in [-0.15, -0.1) is 0 Å². The van der Waals surface area contributed by atoms with Crippen LogP contribution in [0.5, 0.6) is 0 Å². The molecule has 0 aliphatic heterocycles. The van der Waals surface area contributed by atoms with E-state index in [0.717, 1.165) is 16.4 Å². The van der Waals surface area contributed by atoms with Crippen molar-refractivity contribution in [2.45, 2.75) is 4.90 Å². The molecule has 0 radical (unpaired) electrons. The van der Waals surface area contributed by atoms with Crippen LogP contribution in [0.2, 0.25) is 0 Å². The van der Waals surface area contributed by atoms with E-state index in [4.69, 9.17) is 0 Å². The van der Waals surface area contributed by atoms with Crippen LogP contribution in [0.1, 0.15) is 10.4 Å². The molecule has 0 fully saturated rings. The molecule has 3 rings (SSSR count). The Bertz CT molecular complexity index is 1120. The Morgan fingerprint density at radius 2 is 1.61 bits per heavy atom. The molecule has 3 aromatic carbocycles. The number of anilines is 2. The second kappa shape index (κ2) is 7.77. The maximum absolute atomic E-state index is 13.3. The molecule has 0 spiro atoms. The fourth-order valence-electron chi connectivity index (χ4n) is 2.51. The SMILES string of the molecule is CN(c1cccc(C(=O)Nc2ccc(F)c(F)c2)c1)S(=O)(=O)c1ccccc1. The highest BCUT2D eigenvalue weighted by molar-refractivity contribution is 7.92. The summed E-state index contributed by atoms with van der Waals surface area (Å²) >= 11 is 0. The third-order valence-electron chi connectivity index (χ3n) is 4.05. The van der Waals surface area contributed by atoms with Crippen LogP contribution in [0.15, 0.2) is 77.7 Å². The molecule has 1 amide bonds. The standard InChI is InChI=1S/C20H16F2N2O3S/c1-24(28(26,27)17-8-3-2-4-9-17)16-7-5-6-14(12-16)20(25)23-15-10-11-18(21)19(22)13-15/h2-13H,1H3,(H,23,25). The smallest absolute Gasteiger partial charge is 0.264 e. The summed E-state index contributed by atoms with van der Waals surface area (Å²) in [5, 5.41) is 2.45. The van der Waals surface area contributed by atoms with E-state index in [1.807, 2.05) is 0 Å². The van der Waals surface area contributed by atoms with Crippen LogP contribution < -0.4 is 9.62 Å². The zero-order chi connectivity index (χ0) is 20.3. The molecule has 0 saturated heterocycles. The normalized spacial score (nSPS) is 11.1. The number of amides is 1. The van der Waals surface area contributed by atoms with Gasteiger partial charge in [0.25, 0.3) is 15.9 Å². The van der Waals surface area contributed by atoms with Gasteiger partial charge in [0.2, 0.25) is 0 Å². The van der Waals surface area contributed by atoms with Crippen LogP contribution in [0, 0.1) is 11.6 Å². The van der Waals surface area contributed by atoms with Crippen LogP contribution in [-0.2, 0) is 10.0 Å². The molecule has 0 saturated carbocycles. The summed E-state index contributed by atoms with van der Waals surface area (Å²) in [6.45, 7) is 0. The van der Waals surface area contributed by atoms with Gasteiger partial charge in [0.1, 0.15) is 0 Å². The molecule has 28 heavy (non-hydrogen) atoms. The van der Waals surface area contributed by atoms with E-state index in [-0.39, 0.29) is 21.8 Å². The van der Waals surface area contributed by atoms with Gasteiger partial charge in [-0.1, -0.05) is 24.3 Å². The van der Waals surface area contributed by atoms with Gasteiger partial charge in [0, 0.05) is 24.4 Å². The summed E-state index contributed by atoms with van der Waals surface area (Å²) in [6.07, 6.45) is 0. The first-order chi connectivity index (χ1) is 13.3. The van der Waals surface area contributed by atoms with Crippen LogP contribution in [0.25, 0.3) is 0 Å². The van der Waals surface area contributed by atoms with Gasteiger partial charge < -0.3 is 5.32 Å².